The minimum Gasteiger partial charge on any atom is -0.427 e. The van der Waals surface area contributed by atoms with Gasteiger partial charge in [0.05, 0.1) is 5.70 Å². The molecular formula is C18H13NO4. The molecule has 0 aliphatic heterocycles. The zero-order valence-corrected chi connectivity index (χ0v) is 12.3. The fourth-order valence-corrected chi connectivity index (χ4v) is 2.34. The maximum atomic E-state index is 12.4. The molecule has 0 atom stereocenters. The molecule has 0 spiro atoms. The summed E-state index contributed by atoms with van der Waals surface area (Å²) >= 11 is 0. The largest absolute Gasteiger partial charge is 0.427 e. The van der Waals surface area contributed by atoms with Crippen LogP contribution < -0.4 is 10.1 Å². The van der Waals surface area contributed by atoms with E-state index >= 15 is 0 Å². The maximum Gasteiger partial charge on any atom is 0.308 e. The van der Waals surface area contributed by atoms with Crippen molar-refractivity contribution in [2.24, 2.45) is 0 Å². The maximum absolute atomic E-state index is 12.4. The Morgan fingerprint density at radius 1 is 0.957 bits per heavy atom. The highest BCUT2D eigenvalue weighted by Gasteiger charge is 2.25. The molecule has 1 aliphatic carbocycles. The van der Waals surface area contributed by atoms with Gasteiger partial charge in [-0.15, -0.1) is 0 Å². The van der Waals surface area contributed by atoms with Crippen molar-refractivity contribution in [2.45, 2.75) is 6.92 Å². The molecular weight excluding hydrogens is 294 g/mol. The number of ether oxygens (including phenoxy) is 1. The van der Waals surface area contributed by atoms with Gasteiger partial charge < -0.3 is 10.1 Å². The average Bonchev–Trinajstić information content (AvgIpc) is 2.54. The number of Topliss-reactive ketones (excluding diaryl/α,β-unsaturated/α-hetero) is 1. The molecule has 2 aromatic rings. The van der Waals surface area contributed by atoms with Crippen LogP contribution in [0.2, 0.25) is 0 Å². The molecule has 0 heterocycles. The third-order valence-electron chi connectivity index (χ3n) is 3.35. The summed E-state index contributed by atoms with van der Waals surface area (Å²) in [6, 6.07) is 13.3. The van der Waals surface area contributed by atoms with E-state index in [1.807, 2.05) is 0 Å². The Morgan fingerprint density at radius 2 is 1.61 bits per heavy atom. The lowest BCUT2D eigenvalue weighted by atomic mass is 9.92. The van der Waals surface area contributed by atoms with Gasteiger partial charge >= 0.3 is 5.97 Å². The predicted octanol–water partition coefficient (Wildman–Crippen LogP) is 2.99. The quantitative estimate of drug-likeness (QED) is 0.697. The predicted molar refractivity (Wildman–Crippen MR) is 84.6 cm³/mol. The van der Waals surface area contributed by atoms with Gasteiger partial charge in [-0.1, -0.05) is 24.3 Å². The van der Waals surface area contributed by atoms with Crippen LogP contribution in [-0.4, -0.2) is 17.5 Å². The Kier molecular flexibility index (Phi) is 3.76. The van der Waals surface area contributed by atoms with Gasteiger partial charge in [-0.05, 0) is 24.3 Å². The molecule has 0 amide bonds. The smallest absolute Gasteiger partial charge is 0.308 e. The van der Waals surface area contributed by atoms with E-state index in [0.717, 1.165) is 0 Å². The lowest BCUT2D eigenvalue weighted by Gasteiger charge is -2.16. The van der Waals surface area contributed by atoms with Crippen molar-refractivity contribution in [3.8, 4) is 5.75 Å². The molecule has 2 aromatic carbocycles. The number of benzene rings is 2. The van der Waals surface area contributed by atoms with Gasteiger partial charge in [0.2, 0.25) is 5.78 Å². The van der Waals surface area contributed by atoms with Gasteiger partial charge in [0.25, 0.3) is 0 Å². The molecule has 0 unspecified atom stereocenters. The Morgan fingerprint density at radius 3 is 2.26 bits per heavy atom. The van der Waals surface area contributed by atoms with Crippen LogP contribution in [-0.2, 0) is 4.79 Å². The van der Waals surface area contributed by atoms with Crippen molar-refractivity contribution in [1.82, 2.24) is 0 Å². The summed E-state index contributed by atoms with van der Waals surface area (Å²) < 4.78 is 4.94. The summed E-state index contributed by atoms with van der Waals surface area (Å²) in [5, 5.41) is 2.93. The van der Waals surface area contributed by atoms with Crippen molar-refractivity contribution >= 4 is 23.2 Å². The zero-order valence-electron chi connectivity index (χ0n) is 12.3. The third kappa shape index (κ3) is 3.03. The monoisotopic (exact) mass is 307 g/mol. The Balaban J connectivity index is 1.82. The summed E-state index contributed by atoms with van der Waals surface area (Å²) in [7, 11) is 0. The van der Waals surface area contributed by atoms with Gasteiger partial charge in [-0.2, -0.15) is 0 Å². The average molecular weight is 307 g/mol. The summed E-state index contributed by atoms with van der Waals surface area (Å²) in [6.07, 6.45) is 1.30. The molecule has 0 saturated heterocycles. The molecule has 0 saturated carbocycles. The van der Waals surface area contributed by atoms with E-state index in [0.29, 0.717) is 22.6 Å². The number of ketones is 2. The summed E-state index contributed by atoms with van der Waals surface area (Å²) in [5.74, 6) is -0.435. The van der Waals surface area contributed by atoms with Gasteiger partial charge in [0.15, 0.2) is 5.78 Å². The van der Waals surface area contributed by atoms with Crippen LogP contribution in [0.4, 0.5) is 5.69 Å². The summed E-state index contributed by atoms with van der Waals surface area (Å²) in [5.41, 5.74) is 1.63. The number of esters is 1. The highest BCUT2D eigenvalue weighted by molar-refractivity contribution is 6.25. The fourth-order valence-electron chi connectivity index (χ4n) is 2.34. The van der Waals surface area contributed by atoms with E-state index in [4.69, 9.17) is 4.74 Å². The first-order chi connectivity index (χ1) is 11.0. The van der Waals surface area contributed by atoms with E-state index in [-0.39, 0.29) is 17.3 Å². The minimum absolute atomic E-state index is 0.209. The number of hydrogen-bond acceptors (Lipinski definition) is 5. The second kappa shape index (κ2) is 5.88. The molecule has 3 rings (SSSR count). The standard InChI is InChI=1S/C18H13NO4/c1-11(20)23-13-8-6-12(7-9-13)19-16-10-17(21)14-4-2-3-5-15(14)18(16)22/h2-10,19H,1H3. The number of carbonyl (C=O) groups excluding carboxylic acids is 3. The van der Waals surface area contributed by atoms with E-state index < -0.39 is 5.97 Å². The Hall–Kier alpha value is -3.21. The van der Waals surface area contributed by atoms with Crippen LogP contribution >= 0.6 is 0 Å². The SMILES string of the molecule is CC(=O)Oc1ccc(NC2=CC(=O)c3ccccc3C2=O)cc1. The second-order valence-electron chi connectivity index (χ2n) is 5.04. The summed E-state index contributed by atoms with van der Waals surface area (Å²) in [6.45, 7) is 1.32. The normalized spacial score (nSPS) is 13.2. The number of nitrogens with one attached hydrogen (secondary N) is 1. The molecule has 1 N–H and O–H groups in total. The summed E-state index contributed by atoms with van der Waals surface area (Å²) in [4.78, 5) is 35.4. The molecule has 0 aromatic heterocycles. The van der Waals surface area contributed by atoms with Crippen LogP contribution in [0, 0.1) is 0 Å². The van der Waals surface area contributed by atoms with Crippen LogP contribution in [0.1, 0.15) is 27.6 Å². The molecule has 1 aliphatic rings. The Labute approximate surface area is 132 Å². The lowest BCUT2D eigenvalue weighted by Crippen LogP contribution is -2.21. The number of fused-ring (bicyclic) bond motifs is 1. The van der Waals surface area contributed by atoms with Crippen LogP contribution in [0.5, 0.6) is 5.75 Å². The first-order valence-corrected chi connectivity index (χ1v) is 7.00. The second-order valence-corrected chi connectivity index (χ2v) is 5.04. The van der Waals surface area contributed by atoms with E-state index in [1.165, 1.54) is 13.0 Å². The molecule has 5 heteroatoms. The van der Waals surface area contributed by atoms with Crippen LogP contribution in [0.25, 0.3) is 0 Å². The van der Waals surface area contributed by atoms with Gasteiger partial charge in [0, 0.05) is 29.8 Å². The highest BCUT2D eigenvalue weighted by Crippen LogP contribution is 2.23. The van der Waals surface area contributed by atoms with E-state index in [2.05, 4.69) is 5.32 Å². The lowest BCUT2D eigenvalue weighted by molar-refractivity contribution is -0.131. The number of anilines is 1. The molecule has 23 heavy (non-hydrogen) atoms. The fraction of sp³-hybridized carbons (Fsp3) is 0.0556. The first-order valence-electron chi connectivity index (χ1n) is 7.00. The molecule has 0 bridgehead atoms. The van der Waals surface area contributed by atoms with Crippen molar-refractivity contribution in [3.63, 3.8) is 0 Å². The molecule has 5 nitrogen and oxygen atoms in total. The van der Waals surface area contributed by atoms with Gasteiger partial charge in [0.1, 0.15) is 5.75 Å². The molecule has 114 valence electrons. The number of carbonyl (C=O) groups is 3. The topological polar surface area (TPSA) is 72.5 Å². The van der Waals surface area contributed by atoms with Crippen molar-refractivity contribution in [3.05, 3.63) is 71.4 Å². The molecule has 0 radical (unpaired) electrons. The van der Waals surface area contributed by atoms with Gasteiger partial charge in [-0.25, -0.2) is 0 Å². The zero-order chi connectivity index (χ0) is 16.4. The van der Waals surface area contributed by atoms with Crippen LogP contribution in [0.3, 0.4) is 0 Å². The van der Waals surface area contributed by atoms with Crippen LogP contribution in [0.15, 0.2) is 60.3 Å². The first kappa shape index (κ1) is 14.7. The third-order valence-corrected chi connectivity index (χ3v) is 3.35. The van der Waals surface area contributed by atoms with E-state index in [9.17, 15) is 14.4 Å². The Bertz CT molecular complexity index is 834. The minimum atomic E-state index is -0.405. The van der Waals surface area contributed by atoms with Crippen molar-refractivity contribution in [2.75, 3.05) is 5.32 Å². The molecule has 0 fully saturated rings. The highest BCUT2D eigenvalue weighted by atomic mass is 16.5. The van der Waals surface area contributed by atoms with Crippen molar-refractivity contribution in [1.29, 1.82) is 0 Å². The van der Waals surface area contributed by atoms with E-state index in [1.54, 1.807) is 48.5 Å². The van der Waals surface area contributed by atoms with Crippen molar-refractivity contribution < 1.29 is 19.1 Å². The number of allylic oxidation sites excluding steroid dienone is 2. The van der Waals surface area contributed by atoms with Gasteiger partial charge in [-0.3, -0.25) is 14.4 Å². The number of hydrogen-bond donors (Lipinski definition) is 1. The number of rotatable bonds is 3.